The first-order chi connectivity index (χ1) is 14.1. The molecule has 2 aliphatic rings. The Morgan fingerprint density at radius 1 is 1.14 bits per heavy atom. The third-order valence-corrected chi connectivity index (χ3v) is 5.75. The number of ether oxygens (including phenoxy) is 2. The van der Waals surface area contributed by atoms with Gasteiger partial charge in [0.1, 0.15) is 0 Å². The third-order valence-electron chi connectivity index (χ3n) is 5.75. The number of hydrogen-bond acceptors (Lipinski definition) is 4. The highest BCUT2D eigenvalue weighted by Gasteiger charge is 2.26. The highest BCUT2D eigenvalue weighted by molar-refractivity contribution is 5.98. The number of amides is 1. The van der Waals surface area contributed by atoms with Crippen LogP contribution in [0.4, 0.5) is 0 Å². The molecule has 2 heterocycles. The van der Waals surface area contributed by atoms with Gasteiger partial charge in [-0.25, -0.2) is 0 Å². The lowest BCUT2D eigenvalue weighted by Gasteiger charge is -2.26. The number of benzene rings is 1. The first-order valence-electron chi connectivity index (χ1n) is 10.4. The molecule has 0 bridgehead atoms. The second-order valence-electron chi connectivity index (χ2n) is 7.92. The van der Waals surface area contributed by atoms with Gasteiger partial charge >= 0.3 is 0 Å². The zero-order chi connectivity index (χ0) is 20.2. The lowest BCUT2D eigenvalue weighted by atomic mass is 9.88. The second kappa shape index (κ2) is 8.68. The van der Waals surface area contributed by atoms with Crippen LogP contribution in [0.15, 0.2) is 42.0 Å². The molecule has 1 saturated carbocycles. The summed E-state index contributed by atoms with van der Waals surface area (Å²) in [7, 11) is 1.67. The smallest absolute Gasteiger partial charge is 0.247 e. The minimum Gasteiger partial charge on any atom is -0.493 e. The minimum absolute atomic E-state index is 0.0134. The Bertz CT molecular complexity index is 916. The van der Waals surface area contributed by atoms with E-state index in [0.717, 1.165) is 46.9 Å². The molecule has 2 aromatic rings. The molecular weight excluding hydrogens is 364 g/mol. The van der Waals surface area contributed by atoms with Crippen LogP contribution in [0, 0.1) is 6.92 Å². The van der Waals surface area contributed by atoms with E-state index in [1.807, 2.05) is 37.3 Å². The van der Waals surface area contributed by atoms with Gasteiger partial charge in [-0.05, 0) is 74.9 Å². The Balaban J connectivity index is 1.56. The molecule has 29 heavy (non-hydrogen) atoms. The fourth-order valence-electron chi connectivity index (χ4n) is 4.17. The number of carbonyl (C=O) groups excluding carboxylic acids is 1. The molecule has 5 heteroatoms. The van der Waals surface area contributed by atoms with Crippen LogP contribution in [-0.4, -0.2) is 30.6 Å². The molecule has 1 atom stereocenters. The van der Waals surface area contributed by atoms with Gasteiger partial charge in [-0.3, -0.25) is 9.78 Å². The molecule has 1 N–H and O–H groups in total. The number of aryl methyl sites for hydroxylation is 1. The topological polar surface area (TPSA) is 60.5 Å². The summed E-state index contributed by atoms with van der Waals surface area (Å²) < 4.78 is 11.8. The zero-order valence-electron chi connectivity index (χ0n) is 17.1. The van der Waals surface area contributed by atoms with Gasteiger partial charge in [0.15, 0.2) is 11.5 Å². The number of nitrogens with zero attached hydrogens (tertiary/aromatic N) is 1. The van der Waals surface area contributed by atoms with E-state index in [9.17, 15) is 4.79 Å². The molecule has 0 unspecified atom stereocenters. The SMILES string of the molecule is COc1ccc([C@H]2CNC(=O)C(=Cc3cccc(C)n3)C2)cc1OC1CCCC1. The van der Waals surface area contributed by atoms with Gasteiger partial charge in [0.25, 0.3) is 0 Å². The molecule has 2 fully saturated rings. The molecule has 0 radical (unpaired) electrons. The number of methoxy groups -OCH3 is 1. The summed E-state index contributed by atoms with van der Waals surface area (Å²) in [5.41, 5.74) is 3.67. The van der Waals surface area contributed by atoms with Crippen molar-refractivity contribution in [1.29, 1.82) is 0 Å². The summed E-state index contributed by atoms with van der Waals surface area (Å²) in [6, 6.07) is 12.0. The van der Waals surface area contributed by atoms with Gasteiger partial charge in [0, 0.05) is 23.7 Å². The lowest BCUT2D eigenvalue weighted by molar-refractivity contribution is -0.118. The summed E-state index contributed by atoms with van der Waals surface area (Å²) in [4.78, 5) is 16.9. The molecule has 1 saturated heterocycles. The first kappa shape index (κ1) is 19.5. The van der Waals surface area contributed by atoms with Crippen molar-refractivity contribution in [2.45, 2.75) is 51.0 Å². The summed E-state index contributed by atoms with van der Waals surface area (Å²) in [6.45, 7) is 2.57. The average Bonchev–Trinajstić information content (AvgIpc) is 3.23. The molecule has 1 aromatic heterocycles. The quantitative estimate of drug-likeness (QED) is 0.766. The Kier molecular flexibility index (Phi) is 5.84. The van der Waals surface area contributed by atoms with Crippen LogP contribution in [0.1, 0.15) is 55.0 Å². The molecule has 1 aliphatic carbocycles. The van der Waals surface area contributed by atoms with Gasteiger partial charge in [0.2, 0.25) is 5.91 Å². The fourth-order valence-corrected chi connectivity index (χ4v) is 4.17. The highest BCUT2D eigenvalue weighted by atomic mass is 16.5. The molecule has 0 spiro atoms. The molecule has 5 nitrogen and oxygen atoms in total. The van der Waals surface area contributed by atoms with Crippen molar-refractivity contribution < 1.29 is 14.3 Å². The van der Waals surface area contributed by atoms with Crippen LogP contribution >= 0.6 is 0 Å². The van der Waals surface area contributed by atoms with Gasteiger partial charge < -0.3 is 14.8 Å². The normalized spacial score (nSPS) is 21.2. The number of nitrogens with one attached hydrogen (secondary N) is 1. The van der Waals surface area contributed by atoms with Crippen molar-refractivity contribution in [1.82, 2.24) is 10.3 Å². The molecule has 1 aliphatic heterocycles. The van der Waals surface area contributed by atoms with Crippen molar-refractivity contribution >= 4 is 12.0 Å². The number of pyridine rings is 1. The Morgan fingerprint density at radius 3 is 2.72 bits per heavy atom. The molecular formula is C24H28N2O3. The number of aromatic nitrogens is 1. The van der Waals surface area contributed by atoms with Crippen LogP contribution < -0.4 is 14.8 Å². The molecule has 1 amide bonds. The van der Waals surface area contributed by atoms with Crippen LogP contribution in [0.5, 0.6) is 11.5 Å². The maximum atomic E-state index is 12.4. The zero-order valence-corrected chi connectivity index (χ0v) is 17.1. The van der Waals surface area contributed by atoms with Crippen molar-refractivity contribution in [2.75, 3.05) is 13.7 Å². The summed E-state index contributed by atoms with van der Waals surface area (Å²) in [5.74, 6) is 1.75. The number of hydrogen-bond donors (Lipinski definition) is 1. The fraction of sp³-hybridized carbons (Fsp3) is 0.417. The van der Waals surface area contributed by atoms with Crippen molar-refractivity contribution in [3.8, 4) is 11.5 Å². The largest absolute Gasteiger partial charge is 0.493 e. The summed E-state index contributed by atoms with van der Waals surface area (Å²) in [5, 5.41) is 3.03. The third kappa shape index (κ3) is 4.61. The van der Waals surface area contributed by atoms with Crippen LogP contribution in [0.2, 0.25) is 0 Å². The van der Waals surface area contributed by atoms with E-state index in [0.29, 0.717) is 13.0 Å². The van der Waals surface area contributed by atoms with E-state index < -0.39 is 0 Å². The van der Waals surface area contributed by atoms with E-state index in [4.69, 9.17) is 9.47 Å². The number of piperidine rings is 1. The summed E-state index contributed by atoms with van der Waals surface area (Å²) in [6.07, 6.45) is 7.50. The Labute approximate surface area is 172 Å². The van der Waals surface area contributed by atoms with Crippen molar-refractivity contribution in [2.24, 2.45) is 0 Å². The van der Waals surface area contributed by atoms with Crippen molar-refractivity contribution in [3.05, 3.63) is 58.9 Å². The monoisotopic (exact) mass is 392 g/mol. The van der Waals surface area contributed by atoms with Gasteiger partial charge in [-0.2, -0.15) is 0 Å². The van der Waals surface area contributed by atoms with E-state index in [2.05, 4.69) is 22.4 Å². The predicted molar refractivity (Wildman–Crippen MR) is 113 cm³/mol. The maximum absolute atomic E-state index is 12.4. The van der Waals surface area contributed by atoms with Gasteiger partial charge in [-0.15, -0.1) is 0 Å². The van der Waals surface area contributed by atoms with E-state index in [1.54, 1.807) is 7.11 Å². The second-order valence-corrected chi connectivity index (χ2v) is 7.92. The standard InChI is InChI=1S/C24H28N2O3/c1-16-6-5-7-20(26-16)13-18-12-19(15-25-24(18)27)17-10-11-22(28-2)23(14-17)29-21-8-3-4-9-21/h5-7,10-11,13-14,19,21H,3-4,8-9,12,15H2,1-2H3,(H,25,27)/t19-/m1/s1. The van der Waals surface area contributed by atoms with Crippen LogP contribution in [0.3, 0.4) is 0 Å². The molecule has 152 valence electrons. The Morgan fingerprint density at radius 2 is 1.97 bits per heavy atom. The average molecular weight is 392 g/mol. The van der Waals surface area contributed by atoms with Crippen LogP contribution in [0.25, 0.3) is 6.08 Å². The van der Waals surface area contributed by atoms with Gasteiger partial charge in [0.05, 0.1) is 18.9 Å². The van der Waals surface area contributed by atoms with Crippen LogP contribution in [-0.2, 0) is 4.79 Å². The maximum Gasteiger partial charge on any atom is 0.247 e. The predicted octanol–water partition coefficient (Wildman–Crippen LogP) is 4.41. The van der Waals surface area contributed by atoms with Crippen molar-refractivity contribution in [3.63, 3.8) is 0 Å². The molecule has 4 rings (SSSR count). The molecule has 1 aromatic carbocycles. The lowest BCUT2D eigenvalue weighted by Crippen LogP contribution is -2.35. The van der Waals surface area contributed by atoms with Gasteiger partial charge in [-0.1, -0.05) is 12.1 Å². The number of carbonyl (C=O) groups is 1. The number of rotatable bonds is 5. The minimum atomic E-state index is -0.0134. The summed E-state index contributed by atoms with van der Waals surface area (Å²) >= 11 is 0. The van der Waals surface area contributed by atoms with E-state index >= 15 is 0 Å². The highest BCUT2D eigenvalue weighted by Crippen LogP contribution is 2.36. The van der Waals surface area contributed by atoms with E-state index in [1.165, 1.54) is 12.8 Å². The Hall–Kier alpha value is -2.82. The first-order valence-corrected chi connectivity index (χ1v) is 10.4. The van der Waals surface area contributed by atoms with E-state index in [-0.39, 0.29) is 17.9 Å².